The minimum Gasteiger partial charge on any atom is -0.299 e. The van der Waals surface area contributed by atoms with Gasteiger partial charge in [-0.1, -0.05) is 26.8 Å². The van der Waals surface area contributed by atoms with Crippen LogP contribution in [0.15, 0.2) is 16.8 Å². The number of Topliss-reactive ketones (excluding diaryl/α,β-unsaturated/α-hetero) is 1. The number of allylic oxidation sites excluding steroid dienone is 2. The Morgan fingerprint density at radius 1 is 1.54 bits per heavy atom. The van der Waals surface area contributed by atoms with Crippen LogP contribution in [-0.2, 0) is 4.79 Å². The molecule has 0 amide bonds. The van der Waals surface area contributed by atoms with Gasteiger partial charge in [0.25, 0.3) is 0 Å². The molecule has 0 saturated heterocycles. The lowest BCUT2D eigenvalue weighted by Gasteiger charge is -2.11. The van der Waals surface area contributed by atoms with Crippen molar-refractivity contribution in [3.63, 3.8) is 0 Å². The molecule has 2 nitrogen and oxygen atoms in total. The fraction of sp³-hybridized carbons (Fsp3) is 0.636. The Morgan fingerprint density at radius 3 is 2.69 bits per heavy atom. The van der Waals surface area contributed by atoms with Gasteiger partial charge in [0.1, 0.15) is 5.78 Å². The maximum Gasteiger partial charge on any atom is 0.138 e. The molecule has 1 aliphatic rings. The van der Waals surface area contributed by atoms with E-state index in [2.05, 4.69) is 11.1 Å². The van der Waals surface area contributed by atoms with Crippen LogP contribution in [0, 0.1) is 11.8 Å². The van der Waals surface area contributed by atoms with Crippen LogP contribution in [0.1, 0.15) is 33.6 Å². The van der Waals surface area contributed by atoms with Crippen molar-refractivity contribution in [1.82, 2.24) is 0 Å². The average Bonchev–Trinajstić information content (AvgIpc) is 2.55. The highest BCUT2D eigenvalue weighted by Crippen LogP contribution is 2.19. The van der Waals surface area contributed by atoms with Crippen LogP contribution in [0.25, 0.3) is 0 Å². The van der Waals surface area contributed by atoms with E-state index < -0.39 is 0 Å². The molecular weight excluding hydrogens is 162 g/mol. The van der Waals surface area contributed by atoms with Crippen molar-refractivity contribution < 1.29 is 4.79 Å². The SMILES string of the molecule is CC(C)C(=O)[C@@H](C)CC1=CCC=N1. The monoisotopic (exact) mass is 179 g/mol. The number of rotatable bonds is 4. The highest BCUT2D eigenvalue weighted by molar-refractivity contribution is 5.82. The Morgan fingerprint density at radius 2 is 2.23 bits per heavy atom. The molecule has 0 saturated carbocycles. The Kier molecular flexibility index (Phi) is 3.40. The largest absolute Gasteiger partial charge is 0.299 e. The molecule has 13 heavy (non-hydrogen) atoms. The van der Waals surface area contributed by atoms with Crippen molar-refractivity contribution in [2.24, 2.45) is 16.8 Å². The first-order chi connectivity index (χ1) is 6.11. The summed E-state index contributed by atoms with van der Waals surface area (Å²) >= 11 is 0. The van der Waals surface area contributed by atoms with Crippen molar-refractivity contribution in [3.8, 4) is 0 Å². The zero-order chi connectivity index (χ0) is 9.84. The number of aliphatic imine (C=N–C) groups is 1. The first-order valence-electron chi connectivity index (χ1n) is 4.86. The van der Waals surface area contributed by atoms with Gasteiger partial charge >= 0.3 is 0 Å². The van der Waals surface area contributed by atoms with Gasteiger partial charge in [-0.05, 0) is 6.42 Å². The first kappa shape index (κ1) is 10.2. The summed E-state index contributed by atoms with van der Waals surface area (Å²) in [5.41, 5.74) is 1.07. The number of ketones is 1. The van der Waals surface area contributed by atoms with E-state index in [0.29, 0.717) is 5.78 Å². The number of carbonyl (C=O) groups is 1. The lowest BCUT2D eigenvalue weighted by molar-refractivity contribution is -0.125. The zero-order valence-electron chi connectivity index (χ0n) is 8.58. The quantitative estimate of drug-likeness (QED) is 0.652. The summed E-state index contributed by atoms with van der Waals surface area (Å²) in [6, 6.07) is 0. The molecule has 1 rings (SSSR count). The van der Waals surface area contributed by atoms with Crippen molar-refractivity contribution in [1.29, 1.82) is 0 Å². The van der Waals surface area contributed by atoms with E-state index in [1.807, 2.05) is 27.0 Å². The minimum atomic E-state index is 0.112. The number of nitrogens with zero attached hydrogens (tertiary/aromatic N) is 1. The second-order valence-electron chi connectivity index (χ2n) is 3.91. The topological polar surface area (TPSA) is 29.4 Å². The van der Waals surface area contributed by atoms with Gasteiger partial charge < -0.3 is 0 Å². The van der Waals surface area contributed by atoms with Crippen LogP contribution in [0.5, 0.6) is 0 Å². The van der Waals surface area contributed by atoms with Gasteiger partial charge in [0.05, 0.1) is 0 Å². The molecule has 72 valence electrons. The summed E-state index contributed by atoms with van der Waals surface area (Å²) < 4.78 is 0. The molecule has 0 radical (unpaired) electrons. The fourth-order valence-corrected chi connectivity index (χ4v) is 1.53. The van der Waals surface area contributed by atoms with E-state index in [0.717, 1.165) is 18.5 Å². The van der Waals surface area contributed by atoms with Crippen LogP contribution in [0.3, 0.4) is 0 Å². The Balaban J connectivity index is 2.45. The van der Waals surface area contributed by atoms with E-state index in [1.54, 1.807) is 0 Å². The highest BCUT2D eigenvalue weighted by atomic mass is 16.1. The van der Waals surface area contributed by atoms with Gasteiger partial charge in [-0.2, -0.15) is 0 Å². The van der Waals surface area contributed by atoms with E-state index in [-0.39, 0.29) is 11.8 Å². The molecule has 0 aromatic rings. The van der Waals surface area contributed by atoms with Crippen LogP contribution < -0.4 is 0 Å². The summed E-state index contributed by atoms with van der Waals surface area (Å²) in [7, 11) is 0. The molecule has 0 aliphatic carbocycles. The molecule has 0 fully saturated rings. The Bertz CT molecular complexity index is 251. The minimum absolute atomic E-state index is 0.112. The van der Waals surface area contributed by atoms with Crippen LogP contribution >= 0.6 is 0 Å². The Hall–Kier alpha value is -0.920. The number of carbonyl (C=O) groups excluding carboxylic acids is 1. The smallest absolute Gasteiger partial charge is 0.138 e. The van der Waals surface area contributed by atoms with E-state index in [1.165, 1.54) is 0 Å². The van der Waals surface area contributed by atoms with Crippen molar-refractivity contribution >= 4 is 12.0 Å². The third-order valence-corrected chi connectivity index (χ3v) is 2.29. The number of hydrogen-bond donors (Lipinski definition) is 0. The summed E-state index contributed by atoms with van der Waals surface area (Å²) in [6.45, 7) is 5.88. The second-order valence-corrected chi connectivity index (χ2v) is 3.91. The highest BCUT2D eigenvalue weighted by Gasteiger charge is 2.17. The van der Waals surface area contributed by atoms with Crippen molar-refractivity contribution in [2.75, 3.05) is 0 Å². The maximum absolute atomic E-state index is 11.6. The van der Waals surface area contributed by atoms with Gasteiger partial charge in [0, 0.05) is 30.2 Å². The fourth-order valence-electron chi connectivity index (χ4n) is 1.53. The molecule has 0 N–H and O–H groups in total. The van der Waals surface area contributed by atoms with E-state index >= 15 is 0 Å². The molecular formula is C11H17NO. The molecule has 0 bridgehead atoms. The van der Waals surface area contributed by atoms with Gasteiger partial charge in [0.15, 0.2) is 0 Å². The molecule has 0 unspecified atom stereocenters. The van der Waals surface area contributed by atoms with E-state index in [9.17, 15) is 4.79 Å². The van der Waals surface area contributed by atoms with E-state index in [4.69, 9.17) is 0 Å². The van der Waals surface area contributed by atoms with Gasteiger partial charge in [-0.15, -0.1) is 0 Å². The number of hydrogen-bond acceptors (Lipinski definition) is 2. The lowest BCUT2D eigenvalue weighted by Crippen LogP contribution is -2.17. The van der Waals surface area contributed by atoms with Crippen molar-refractivity contribution in [3.05, 3.63) is 11.8 Å². The molecule has 2 heteroatoms. The molecule has 0 aromatic heterocycles. The summed E-state index contributed by atoms with van der Waals surface area (Å²) in [6.07, 6.45) is 5.71. The first-order valence-corrected chi connectivity index (χ1v) is 4.86. The summed E-state index contributed by atoms with van der Waals surface area (Å²) in [5, 5.41) is 0. The molecule has 1 aliphatic heterocycles. The van der Waals surface area contributed by atoms with Gasteiger partial charge in [0.2, 0.25) is 0 Å². The maximum atomic E-state index is 11.6. The Labute approximate surface area is 79.8 Å². The standard InChI is InChI=1S/C11H17NO/c1-8(2)11(13)9(3)7-10-5-4-6-12-10/h5-6,8-9H,4,7H2,1-3H3/t9-/m0/s1. The predicted octanol–water partition coefficient (Wildman–Crippen LogP) is 2.60. The van der Waals surface area contributed by atoms with Crippen LogP contribution in [0.2, 0.25) is 0 Å². The normalized spacial score (nSPS) is 17.7. The van der Waals surface area contributed by atoms with Crippen molar-refractivity contribution in [2.45, 2.75) is 33.6 Å². The molecule has 0 spiro atoms. The molecule has 1 heterocycles. The van der Waals surface area contributed by atoms with Gasteiger partial charge in [-0.25, -0.2) is 0 Å². The predicted molar refractivity (Wildman–Crippen MR) is 54.8 cm³/mol. The third-order valence-electron chi connectivity index (χ3n) is 2.29. The summed E-state index contributed by atoms with van der Waals surface area (Å²) in [4.78, 5) is 15.8. The third kappa shape index (κ3) is 2.79. The molecule has 0 aromatic carbocycles. The molecule has 1 atom stereocenters. The second kappa shape index (κ2) is 4.35. The van der Waals surface area contributed by atoms with Gasteiger partial charge in [-0.3, -0.25) is 9.79 Å². The van der Waals surface area contributed by atoms with Crippen LogP contribution in [-0.4, -0.2) is 12.0 Å². The summed E-state index contributed by atoms with van der Waals surface area (Å²) in [5.74, 6) is 0.588. The zero-order valence-corrected chi connectivity index (χ0v) is 8.58. The average molecular weight is 179 g/mol. The van der Waals surface area contributed by atoms with Crippen LogP contribution in [0.4, 0.5) is 0 Å². The lowest BCUT2D eigenvalue weighted by atomic mass is 9.93.